The van der Waals surface area contributed by atoms with Gasteiger partial charge in [-0.05, 0) is 6.42 Å². The molecule has 0 aromatic rings. The van der Waals surface area contributed by atoms with Crippen molar-refractivity contribution in [3.05, 3.63) is 11.3 Å². The highest BCUT2D eigenvalue weighted by atomic mass is 19.1. The van der Waals surface area contributed by atoms with E-state index in [1.165, 1.54) is 0 Å². The third-order valence-corrected chi connectivity index (χ3v) is 2.09. The van der Waals surface area contributed by atoms with Crippen molar-refractivity contribution in [3.63, 3.8) is 0 Å². The van der Waals surface area contributed by atoms with Gasteiger partial charge in [-0.25, -0.2) is 9.86 Å². The number of hydrogen-bond acceptors (Lipinski definition) is 0. The van der Waals surface area contributed by atoms with Crippen molar-refractivity contribution >= 4 is 6.15 Å². The largest absolute Gasteiger partial charge is 0.216 e. The molecule has 0 aliphatic heterocycles. The molecule has 0 aliphatic rings. The second kappa shape index (κ2) is 3.94. The third-order valence-electron chi connectivity index (χ3n) is 2.09. The molecule has 66 valence electrons. The van der Waals surface area contributed by atoms with Crippen LogP contribution in [0, 0.1) is 0 Å². The number of allylic oxidation sites excluding steroid dienone is 2. The molecule has 0 atom stereocenters. The summed E-state index contributed by atoms with van der Waals surface area (Å²) in [5.74, 6) is 0.0972. The first-order valence-electron chi connectivity index (χ1n) is 4.58. The van der Waals surface area contributed by atoms with E-state index < -0.39 is 6.15 Å². The lowest BCUT2D eigenvalue weighted by Crippen LogP contribution is -2.24. The molecule has 11 heavy (non-hydrogen) atoms. The molecule has 0 N–H and O–H groups in total. The van der Waals surface area contributed by atoms with Crippen LogP contribution in [0.3, 0.4) is 0 Å². The highest BCUT2D eigenvalue weighted by molar-refractivity contribution is 6.83. The van der Waals surface area contributed by atoms with E-state index >= 15 is 0 Å². The predicted octanol–water partition coefficient (Wildman–Crippen LogP) is 3.91. The molecule has 0 aromatic heterocycles. The molecular formula is C9H19BF-. The van der Waals surface area contributed by atoms with Crippen molar-refractivity contribution in [3.8, 4) is 0 Å². The monoisotopic (exact) mass is 157 g/mol. The average molecular weight is 157 g/mol. The van der Waals surface area contributed by atoms with Crippen molar-refractivity contribution in [2.75, 3.05) is 0 Å². The van der Waals surface area contributed by atoms with Gasteiger partial charge in [-0.15, -0.1) is 0 Å². The van der Waals surface area contributed by atoms with E-state index in [-0.39, 0.29) is 5.83 Å². The summed E-state index contributed by atoms with van der Waals surface area (Å²) in [6.45, 7) is 10.3. The van der Waals surface area contributed by atoms with Crippen LogP contribution in [-0.2, 0) is 0 Å². The van der Waals surface area contributed by atoms with Crippen molar-refractivity contribution in [2.24, 2.45) is 0 Å². The van der Waals surface area contributed by atoms with E-state index in [1.54, 1.807) is 0 Å². The Labute approximate surface area is 69.8 Å². The standard InChI is InChI=1S/C9H19BF/c1-6-8(9(11)7-2)10(3,4)5/h6-7H2,1-5H3/q-1/b9-8-. The van der Waals surface area contributed by atoms with E-state index in [0.29, 0.717) is 6.42 Å². The van der Waals surface area contributed by atoms with Gasteiger partial charge in [0.05, 0.1) is 5.83 Å². The van der Waals surface area contributed by atoms with Crippen LogP contribution in [0.4, 0.5) is 4.39 Å². The van der Waals surface area contributed by atoms with Gasteiger partial charge in [0.2, 0.25) is 0 Å². The first kappa shape index (κ1) is 10.7. The topological polar surface area (TPSA) is 0 Å². The molecule has 0 radical (unpaired) electrons. The number of halogens is 1. The minimum Gasteiger partial charge on any atom is -0.216 e. The minimum atomic E-state index is -0.618. The maximum absolute atomic E-state index is 13.2. The SMILES string of the molecule is CC/C(F)=C(\CC)[B-](C)(C)C. The van der Waals surface area contributed by atoms with Crippen molar-refractivity contribution in [2.45, 2.75) is 47.2 Å². The Kier molecular flexibility index (Phi) is 3.84. The molecular weight excluding hydrogens is 138 g/mol. The highest BCUT2D eigenvalue weighted by Crippen LogP contribution is 2.23. The third kappa shape index (κ3) is 3.09. The zero-order valence-electron chi connectivity index (χ0n) is 8.37. The normalized spacial score (nSPS) is 14.7. The molecule has 0 aliphatic carbocycles. The van der Waals surface area contributed by atoms with Gasteiger partial charge in [0.15, 0.2) is 0 Å². The van der Waals surface area contributed by atoms with Gasteiger partial charge in [-0.1, -0.05) is 20.3 Å². The molecule has 0 rings (SSSR count). The molecule has 0 aromatic carbocycles. The van der Waals surface area contributed by atoms with Gasteiger partial charge in [0.1, 0.15) is 0 Å². The fourth-order valence-corrected chi connectivity index (χ4v) is 1.50. The quantitative estimate of drug-likeness (QED) is 0.545. The first-order chi connectivity index (χ1) is 4.93. The Morgan fingerprint density at radius 3 is 1.64 bits per heavy atom. The van der Waals surface area contributed by atoms with E-state index in [0.717, 1.165) is 11.9 Å². The second-order valence-corrected chi connectivity index (χ2v) is 4.24. The van der Waals surface area contributed by atoms with Gasteiger partial charge < -0.3 is 0 Å². The number of rotatable bonds is 3. The van der Waals surface area contributed by atoms with E-state index in [4.69, 9.17) is 0 Å². The molecule has 0 spiro atoms. The van der Waals surface area contributed by atoms with Crippen LogP contribution in [0.25, 0.3) is 0 Å². The molecule has 0 amide bonds. The molecule has 2 heteroatoms. The maximum Gasteiger partial charge on any atom is 0.0610 e. The summed E-state index contributed by atoms with van der Waals surface area (Å²) >= 11 is 0. The highest BCUT2D eigenvalue weighted by Gasteiger charge is 2.12. The lowest BCUT2D eigenvalue weighted by molar-refractivity contribution is 0.593. The molecule has 0 heterocycles. The van der Waals surface area contributed by atoms with Crippen molar-refractivity contribution in [1.29, 1.82) is 0 Å². The Balaban J connectivity index is 4.66. The maximum atomic E-state index is 13.2. The van der Waals surface area contributed by atoms with Gasteiger partial charge >= 0.3 is 0 Å². The summed E-state index contributed by atoms with van der Waals surface area (Å²) in [7, 11) is 0. The van der Waals surface area contributed by atoms with Crippen LogP contribution in [0.5, 0.6) is 0 Å². The van der Waals surface area contributed by atoms with Crippen molar-refractivity contribution < 1.29 is 4.39 Å². The summed E-state index contributed by atoms with van der Waals surface area (Å²) in [6.07, 6.45) is 0.777. The summed E-state index contributed by atoms with van der Waals surface area (Å²) < 4.78 is 13.2. The van der Waals surface area contributed by atoms with Crippen LogP contribution < -0.4 is 0 Å². The smallest absolute Gasteiger partial charge is 0.0610 e. The zero-order valence-corrected chi connectivity index (χ0v) is 8.37. The van der Waals surface area contributed by atoms with Gasteiger partial charge in [0.25, 0.3) is 0 Å². The Morgan fingerprint density at radius 2 is 1.55 bits per heavy atom. The molecule has 0 saturated carbocycles. The molecule has 0 unspecified atom stereocenters. The van der Waals surface area contributed by atoms with Crippen LogP contribution in [0.2, 0.25) is 20.5 Å². The van der Waals surface area contributed by atoms with Crippen LogP contribution >= 0.6 is 0 Å². The minimum absolute atomic E-state index is 0.0972. The first-order valence-corrected chi connectivity index (χ1v) is 4.58. The molecule has 0 bridgehead atoms. The van der Waals surface area contributed by atoms with Crippen LogP contribution in [0.15, 0.2) is 11.3 Å². The summed E-state index contributed by atoms with van der Waals surface area (Å²) in [5.41, 5.74) is 1.02. The molecule has 0 nitrogen and oxygen atoms in total. The van der Waals surface area contributed by atoms with Crippen LogP contribution in [0.1, 0.15) is 26.7 Å². The zero-order chi connectivity index (χ0) is 9.07. The second-order valence-electron chi connectivity index (χ2n) is 4.24. The van der Waals surface area contributed by atoms with E-state index in [1.807, 2.05) is 13.8 Å². The fourth-order valence-electron chi connectivity index (χ4n) is 1.50. The Bertz CT molecular complexity index is 153. The van der Waals surface area contributed by atoms with Gasteiger partial charge in [-0.2, -0.15) is 20.5 Å². The lowest BCUT2D eigenvalue weighted by atomic mass is 9.25. The lowest BCUT2D eigenvalue weighted by Gasteiger charge is -2.29. The van der Waals surface area contributed by atoms with E-state index in [2.05, 4.69) is 20.5 Å². The summed E-state index contributed by atoms with van der Waals surface area (Å²) in [6, 6.07) is 0. The number of hydrogen-bond donors (Lipinski definition) is 0. The average Bonchev–Trinajstić information content (AvgIpc) is 1.86. The Hall–Kier alpha value is -0.265. The molecule has 0 fully saturated rings. The van der Waals surface area contributed by atoms with Gasteiger partial charge in [-0.3, -0.25) is 0 Å². The summed E-state index contributed by atoms with van der Waals surface area (Å²) in [5, 5.41) is 0. The summed E-state index contributed by atoms with van der Waals surface area (Å²) in [4.78, 5) is 0. The molecule has 0 saturated heterocycles. The van der Waals surface area contributed by atoms with Crippen LogP contribution in [-0.4, -0.2) is 6.15 Å². The fraction of sp³-hybridized carbons (Fsp3) is 0.778. The van der Waals surface area contributed by atoms with Crippen molar-refractivity contribution in [1.82, 2.24) is 0 Å². The predicted molar refractivity (Wildman–Crippen MR) is 52.1 cm³/mol. The van der Waals surface area contributed by atoms with Gasteiger partial charge in [0, 0.05) is 6.15 Å². The Morgan fingerprint density at radius 1 is 1.09 bits per heavy atom. The van der Waals surface area contributed by atoms with E-state index in [9.17, 15) is 4.39 Å².